The summed E-state index contributed by atoms with van der Waals surface area (Å²) >= 11 is 0. The number of fused-ring (bicyclic) bond motifs is 1. The molecule has 0 aliphatic carbocycles. The summed E-state index contributed by atoms with van der Waals surface area (Å²) in [4.78, 5) is 35.1. The lowest BCUT2D eigenvalue weighted by Gasteiger charge is -2.26. The summed E-state index contributed by atoms with van der Waals surface area (Å²) in [6, 6.07) is 0. The van der Waals surface area contributed by atoms with Crippen LogP contribution in [0.15, 0.2) is 15.8 Å². The molecule has 0 spiro atoms. The molecule has 4 atom stereocenters. The third-order valence-electron chi connectivity index (χ3n) is 4.76. The molecule has 16 heteroatoms. The summed E-state index contributed by atoms with van der Waals surface area (Å²) in [7, 11) is -4.30. The first-order valence-corrected chi connectivity index (χ1v) is 10.3. The Balaban J connectivity index is 1.48. The van der Waals surface area contributed by atoms with Crippen LogP contribution in [0.4, 0.5) is 26.3 Å². The maximum Gasteiger partial charge on any atom is 0.573 e. The molecule has 174 valence electrons. The topological polar surface area (TPSA) is 112 Å². The van der Waals surface area contributed by atoms with Gasteiger partial charge in [-0.15, -0.1) is 9.05 Å². The molecule has 0 amide bonds. The Morgan fingerprint density at radius 2 is 1.69 bits per heavy atom. The van der Waals surface area contributed by atoms with Crippen molar-refractivity contribution in [3.63, 3.8) is 0 Å². The van der Waals surface area contributed by atoms with Crippen molar-refractivity contribution in [2.45, 2.75) is 31.5 Å². The summed E-state index contributed by atoms with van der Waals surface area (Å²) < 4.78 is 102. The van der Waals surface area contributed by atoms with E-state index >= 15 is 0 Å². The highest BCUT2D eigenvalue weighted by molar-refractivity contribution is 7.55. The van der Waals surface area contributed by atoms with Crippen molar-refractivity contribution in [1.82, 2.24) is 9.55 Å². The first-order chi connectivity index (χ1) is 15.0. The first-order valence-electron chi connectivity index (χ1n) is 8.76. The zero-order valence-electron chi connectivity index (χ0n) is 15.5. The van der Waals surface area contributed by atoms with Crippen molar-refractivity contribution < 1.29 is 49.5 Å². The second kappa shape index (κ2) is 8.24. The second-order valence-corrected chi connectivity index (χ2v) is 8.40. The van der Waals surface area contributed by atoms with Crippen LogP contribution in [0.5, 0.6) is 0 Å². The molecule has 1 unspecified atom stereocenters. The third-order valence-corrected chi connectivity index (χ3v) is 6.23. The fraction of sp³-hybridized carbons (Fsp3) is 0.375. The van der Waals surface area contributed by atoms with Gasteiger partial charge in [0.1, 0.15) is 31.6 Å². The molecule has 2 saturated heterocycles. The lowest BCUT2D eigenvalue weighted by atomic mass is 10.2. The van der Waals surface area contributed by atoms with Gasteiger partial charge in [-0.2, -0.15) is 13.8 Å². The normalized spacial score (nSPS) is 27.5. The van der Waals surface area contributed by atoms with E-state index in [1.807, 2.05) is 0 Å². The Morgan fingerprint density at radius 1 is 1.06 bits per heavy atom. The van der Waals surface area contributed by atoms with Crippen LogP contribution in [-0.2, 0) is 24.9 Å². The predicted molar refractivity (Wildman–Crippen MR) is 90.8 cm³/mol. The smallest absolute Gasteiger partial charge is 0.349 e. The number of halogens is 6. The number of benzene rings is 1. The van der Waals surface area contributed by atoms with Crippen LogP contribution in [0.1, 0.15) is 18.2 Å². The molecule has 32 heavy (non-hydrogen) atoms. The van der Waals surface area contributed by atoms with Crippen LogP contribution in [0.3, 0.4) is 0 Å². The molecule has 2 aromatic rings. The molecule has 0 bridgehead atoms. The Hall–Kier alpha value is -2.29. The molecule has 0 radical (unpaired) electrons. The number of aromatic nitrogens is 2. The van der Waals surface area contributed by atoms with E-state index in [9.17, 15) is 40.8 Å². The van der Waals surface area contributed by atoms with Crippen LogP contribution < -0.4 is 11.2 Å². The van der Waals surface area contributed by atoms with Gasteiger partial charge in [0.25, 0.3) is 5.56 Å². The van der Waals surface area contributed by atoms with Gasteiger partial charge in [0.2, 0.25) is 11.6 Å². The van der Waals surface area contributed by atoms with E-state index in [2.05, 4.69) is 0 Å². The fourth-order valence-corrected chi connectivity index (χ4v) is 4.55. The maximum atomic E-state index is 13.8. The van der Waals surface area contributed by atoms with Crippen molar-refractivity contribution in [1.29, 1.82) is 0 Å². The van der Waals surface area contributed by atoms with Gasteiger partial charge in [-0.3, -0.25) is 14.3 Å². The monoisotopic (exact) mass is 489 g/mol. The Labute approximate surface area is 173 Å². The number of nitrogens with zero attached hydrogens (tertiary/aromatic N) is 1. The number of ether oxygens (including phenoxy) is 1. The standard InChI is InChI=1S/C16H11F6N2O7P/c17-6-2-24(16(26)23-15(6)25)9-1-7-8(30-9)4-29-32(27,31-7)28-3-5-10(18)12(20)14(22)13(21)11(5)19/h2,7-9,27H,1,3-4H2/p+1/t7-,8+,9+,32?/m0/s1. The van der Waals surface area contributed by atoms with Crippen molar-refractivity contribution in [3.8, 4) is 0 Å². The average Bonchev–Trinajstić information content (AvgIpc) is 3.15. The lowest BCUT2D eigenvalue weighted by Crippen LogP contribution is -2.35. The first kappa shape index (κ1) is 22.9. The number of hydrogen-bond acceptors (Lipinski definition) is 7. The van der Waals surface area contributed by atoms with Gasteiger partial charge in [-0.1, -0.05) is 0 Å². The minimum absolute atomic E-state index is 0.159. The minimum Gasteiger partial charge on any atom is -0.349 e. The van der Waals surface area contributed by atoms with E-state index in [-0.39, 0.29) is 6.42 Å². The highest BCUT2D eigenvalue weighted by Gasteiger charge is 2.58. The van der Waals surface area contributed by atoms with Crippen molar-refractivity contribution in [2.75, 3.05) is 6.61 Å². The zero-order chi connectivity index (χ0) is 23.4. The van der Waals surface area contributed by atoms with Gasteiger partial charge in [0, 0.05) is 6.42 Å². The van der Waals surface area contributed by atoms with Crippen LogP contribution in [-0.4, -0.2) is 33.3 Å². The molecule has 2 fully saturated rings. The summed E-state index contributed by atoms with van der Waals surface area (Å²) in [6.07, 6.45) is -2.57. The van der Waals surface area contributed by atoms with Crippen LogP contribution in [0.2, 0.25) is 0 Å². The number of hydrogen-bond donors (Lipinski definition) is 2. The fourth-order valence-electron chi connectivity index (χ4n) is 3.17. The molecule has 2 N–H and O–H groups in total. The second-order valence-electron chi connectivity index (χ2n) is 6.74. The Kier molecular flexibility index (Phi) is 5.90. The number of nitrogens with one attached hydrogen (secondary N) is 1. The van der Waals surface area contributed by atoms with E-state index in [0.29, 0.717) is 6.20 Å². The molecule has 2 aliphatic rings. The molecule has 3 heterocycles. The van der Waals surface area contributed by atoms with Crippen molar-refractivity contribution >= 4 is 8.17 Å². The van der Waals surface area contributed by atoms with E-state index in [1.54, 1.807) is 4.98 Å². The number of rotatable bonds is 4. The average molecular weight is 489 g/mol. The number of H-pyrrole nitrogens is 1. The summed E-state index contributed by atoms with van der Waals surface area (Å²) in [5, 5.41) is 0. The van der Waals surface area contributed by atoms with Gasteiger partial charge < -0.3 is 4.74 Å². The van der Waals surface area contributed by atoms with Crippen LogP contribution in [0, 0.1) is 34.9 Å². The molecular weight excluding hydrogens is 477 g/mol. The molecule has 2 aliphatic heterocycles. The maximum absolute atomic E-state index is 13.8. The molecule has 1 aromatic heterocycles. The van der Waals surface area contributed by atoms with E-state index < -0.39 is 91.5 Å². The van der Waals surface area contributed by atoms with Crippen LogP contribution in [0.25, 0.3) is 0 Å². The summed E-state index contributed by atoms with van der Waals surface area (Å²) in [5.41, 5.74) is -3.56. The van der Waals surface area contributed by atoms with Gasteiger partial charge in [-0.25, -0.2) is 26.7 Å². The van der Waals surface area contributed by atoms with Crippen molar-refractivity contribution in [3.05, 3.63) is 67.5 Å². The third kappa shape index (κ3) is 3.95. The Bertz CT molecular complexity index is 1160. The zero-order valence-corrected chi connectivity index (χ0v) is 16.4. The summed E-state index contributed by atoms with van der Waals surface area (Å²) in [5.74, 6) is -12.3. The van der Waals surface area contributed by atoms with Crippen molar-refractivity contribution in [2.24, 2.45) is 0 Å². The molecular formula is C16H12F6N2O7P+. The van der Waals surface area contributed by atoms with Gasteiger partial charge in [0.05, 0.1) is 11.8 Å². The summed E-state index contributed by atoms with van der Waals surface area (Å²) in [6.45, 7) is -1.68. The quantitative estimate of drug-likeness (QED) is 0.292. The molecule has 9 nitrogen and oxygen atoms in total. The lowest BCUT2D eigenvalue weighted by molar-refractivity contribution is -0.0830. The molecule has 0 saturated carbocycles. The highest BCUT2D eigenvalue weighted by Crippen LogP contribution is 2.63. The van der Waals surface area contributed by atoms with E-state index in [0.717, 1.165) is 4.57 Å². The molecule has 1 aromatic carbocycles. The Morgan fingerprint density at radius 3 is 2.34 bits per heavy atom. The number of aromatic amines is 1. The van der Waals surface area contributed by atoms with Gasteiger partial charge in [-0.05, 0) is 0 Å². The minimum atomic E-state index is -4.30. The molecule has 4 rings (SSSR count). The predicted octanol–water partition coefficient (Wildman–Crippen LogP) is 1.96. The van der Waals surface area contributed by atoms with Gasteiger partial charge >= 0.3 is 13.9 Å². The van der Waals surface area contributed by atoms with E-state index in [1.165, 1.54) is 0 Å². The van der Waals surface area contributed by atoms with Gasteiger partial charge in [0.15, 0.2) is 23.3 Å². The largest absolute Gasteiger partial charge is 0.573 e. The van der Waals surface area contributed by atoms with Crippen LogP contribution >= 0.6 is 8.17 Å². The SMILES string of the molecule is O=c1[nH]c(=O)n([C@H]2C[C@@H]3O[P+](O)(OCc4c(F)c(F)c(F)c(F)c4F)OC[C@H]3O2)cc1F. The highest BCUT2D eigenvalue weighted by atomic mass is 31.2. The van der Waals surface area contributed by atoms with E-state index in [4.69, 9.17) is 18.3 Å².